The predicted molar refractivity (Wildman–Crippen MR) is 144 cm³/mol. The van der Waals surface area contributed by atoms with E-state index in [1.165, 1.54) is 54.2 Å². The van der Waals surface area contributed by atoms with Crippen LogP contribution in [0, 0.1) is 6.92 Å². The molecular weight excluding hydrogens is 434 g/mol. The number of imidazole rings is 1. The summed E-state index contributed by atoms with van der Waals surface area (Å²) in [5.41, 5.74) is 7.22. The van der Waals surface area contributed by atoms with E-state index in [2.05, 4.69) is 123 Å². The van der Waals surface area contributed by atoms with Crippen LogP contribution in [-0.2, 0) is 12.5 Å². The lowest BCUT2D eigenvalue weighted by atomic mass is 9.98. The molecule has 0 aliphatic heterocycles. The minimum absolute atomic E-state index is 0.0419. The smallest absolute Gasteiger partial charge is 0.241 e. The van der Waals surface area contributed by atoms with Gasteiger partial charge in [-0.2, -0.15) is 4.57 Å². The number of aryl methyl sites for hydroxylation is 2. The van der Waals surface area contributed by atoms with Crippen LogP contribution in [0.5, 0.6) is 0 Å². The van der Waals surface area contributed by atoms with E-state index in [0.29, 0.717) is 0 Å². The van der Waals surface area contributed by atoms with E-state index in [-0.39, 0.29) is 5.41 Å². The molecule has 0 spiro atoms. The second-order valence-electron chi connectivity index (χ2n) is 10.1. The van der Waals surface area contributed by atoms with Gasteiger partial charge in [0.25, 0.3) is 5.82 Å². The third-order valence-corrected chi connectivity index (χ3v) is 8.08. The molecule has 34 heavy (non-hydrogen) atoms. The molecule has 168 valence electrons. The van der Waals surface area contributed by atoms with Crippen molar-refractivity contribution in [1.82, 2.24) is 9.55 Å². The van der Waals surface area contributed by atoms with Gasteiger partial charge < -0.3 is 0 Å². The number of fused-ring (bicyclic) bond motifs is 3. The summed E-state index contributed by atoms with van der Waals surface area (Å²) >= 11 is 1.81. The van der Waals surface area contributed by atoms with Crippen molar-refractivity contribution >= 4 is 43.4 Å². The Labute approximate surface area is 203 Å². The standard InChI is InChI=1S/C30H28N3S/c1-19-17-23-27(34-29(31-23)30(2,3)4)18-22(19)28-32(5)25-14-8-9-15-26(25)33(28)24-16-10-12-20-11-6-7-13-21(20)24/h6-18H,1-5H3/q+1. The van der Waals surface area contributed by atoms with Crippen LogP contribution in [0.15, 0.2) is 78.9 Å². The van der Waals surface area contributed by atoms with Crippen LogP contribution in [-0.4, -0.2) is 9.55 Å². The Morgan fingerprint density at radius 2 is 1.62 bits per heavy atom. The highest BCUT2D eigenvalue weighted by atomic mass is 32.1. The van der Waals surface area contributed by atoms with Crippen LogP contribution >= 0.6 is 11.3 Å². The molecule has 0 aliphatic carbocycles. The van der Waals surface area contributed by atoms with Crippen molar-refractivity contribution < 1.29 is 4.57 Å². The van der Waals surface area contributed by atoms with Crippen LogP contribution < -0.4 is 4.57 Å². The first-order chi connectivity index (χ1) is 16.3. The molecule has 2 aromatic heterocycles. The van der Waals surface area contributed by atoms with E-state index < -0.39 is 0 Å². The Hall–Kier alpha value is -3.50. The van der Waals surface area contributed by atoms with Crippen LogP contribution in [0.1, 0.15) is 31.3 Å². The van der Waals surface area contributed by atoms with Crippen molar-refractivity contribution in [3.05, 3.63) is 89.4 Å². The van der Waals surface area contributed by atoms with Gasteiger partial charge in [-0.15, -0.1) is 11.3 Å². The Kier molecular flexibility index (Phi) is 4.65. The van der Waals surface area contributed by atoms with Crippen molar-refractivity contribution in [2.24, 2.45) is 7.05 Å². The second kappa shape index (κ2) is 7.51. The summed E-state index contributed by atoms with van der Waals surface area (Å²) < 4.78 is 5.99. The van der Waals surface area contributed by atoms with Crippen molar-refractivity contribution in [1.29, 1.82) is 0 Å². The Bertz CT molecular complexity index is 1710. The normalized spacial score (nSPS) is 12.3. The zero-order valence-electron chi connectivity index (χ0n) is 20.3. The molecule has 6 rings (SSSR count). The van der Waals surface area contributed by atoms with E-state index in [9.17, 15) is 0 Å². The molecule has 0 saturated carbocycles. The molecule has 0 bridgehead atoms. The number of thiazole rings is 1. The van der Waals surface area contributed by atoms with E-state index in [1.807, 2.05) is 11.3 Å². The second-order valence-corrected chi connectivity index (χ2v) is 11.1. The van der Waals surface area contributed by atoms with Gasteiger partial charge in [0.1, 0.15) is 5.69 Å². The maximum absolute atomic E-state index is 4.97. The quantitative estimate of drug-likeness (QED) is 0.244. The SMILES string of the molecule is Cc1cc2nc(C(C)(C)C)sc2cc1-c1n(-c2cccc3ccccc23)c2ccccc2[n+]1C. The zero-order valence-corrected chi connectivity index (χ0v) is 21.1. The zero-order chi connectivity index (χ0) is 23.6. The molecule has 4 heteroatoms. The Morgan fingerprint density at radius 3 is 2.44 bits per heavy atom. The van der Waals surface area contributed by atoms with Gasteiger partial charge in [-0.3, -0.25) is 0 Å². The largest absolute Gasteiger partial charge is 0.295 e. The number of hydrogen-bond acceptors (Lipinski definition) is 2. The summed E-state index contributed by atoms with van der Waals surface area (Å²) in [6, 6.07) is 28.5. The van der Waals surface area contributed by atoms with Gasteiger partial charge in [-0.25, -0.2) is 9.55 Å². The number of benzene rings is 4. The molecule has 0 aliphatic rings. The molecule has 0 unspecified atom stereocenters. The molecule has 0 fully saturated rings. The lowest BCUT2D eigenvalue weighted by molar-refractivity contribution is -0.633. The van der Waals surface area contributed by atoms with Crippen LogP contribution in [0.25, 0.3) is 49.1 Å². The fraction of sp³-hybridized carbons (Fsp3) is 0.200. The molecule has 6 aromatic rings. The minimum atomic E-state index is 0.0419. The number of aromatic nitrogens is 3. The summed E-state index contributed by atoms with van der Waals surface area (Å²) in [6.45, 7) is 8.90. The van der Waals surface area contributed by atoms with E-state index in [4.69, 9.17) is 4.98 Å². The summed E-state index contributed by atoms with van der Waals surface area (Å²) in [6.07, 6.45) is 0. The number of hydrogen-bond donors (Lipinski definition) is 0. The first kappa shape index (κ1) is 21.1. The van der Waals surface area contributed by atoms with Crippen LogP contribution in [0.4, 0.5) is 0 Å². The molecule has 0 saturated heterocycles. The Balaban J connectivity index is 1.72. The molecule has 4 aromatic carbocycles. The number of rotatable bonds is 2. The lowest BCUT2D eigenvalue weighted by Crippen LogP contribution is -2.30. The summed E-state index contributed by atoms with van der Waals surface area (Å²) in [5, 5.41) is 3.67. The van der Waals surface area contributed by atoms with Crippen LogP contribution in [0.2, 0.25) is 0 Å². The third kappa shape index (κ3) is 3.17. The third-order valence-electron chi connectivity index (χ3n) is 6.64. The van der Waals surface area contributed by atoms with Crippen LogP contribution in [0.3, 0.4) is 0 Å². The topological polar surface area (TPSA) is 21.7 Å². The fourth-order valence-electron chi connectivity index (χ4n) is 4.90. The average Bonchev–Trinajstić information content (AvgIpc) is 3.37. The molecule has 0 N–H and O–H groups in total. The molecular formula is C30H28N3S+. The maximum atomic E-state index is 4.97. The maximum Gasteiger partial charge on any atom is 0.295 e. The first-order valence-corrected chi connectivity index (χ1v) is 12.5. The van der Waals surface area contributed by atoms with Crippen molar-refractivity contribution in [2.45, 2.75) is 33.1 Å². The highest BCUT2D eigenvalue weighted by Gasteiger charge is 2.29. The summed E-state index contributed by atoms with van der Waals surface area (Å²) in [7, 11) is 2.18. The average molecular weight is 463 g/mol. The highest BCUT2D eigenvalue weighted by molar-refractivity contribution is 7.18. The molecule has 2 heterocycles. The van der Waals surface area contributed by atoms with Crippen molar-refractivity contribution in [2.75, 3.05) is 0 Å². The fourth-order valence-corrected chi connectivity index (χ4v) is 5.95. The predicted octanol–water partition coefficient (Wildman–Crippen LogP) is 7.49. The first-order valence-electron chi connectivity index (χ1n) is 11.7. The number of nitrogens with zero attached hydrogens (tertiary/aromatic N) is 3. The minimum Gasteiger partial charge on any atom is -0.241 e. The van der Waals surface area contributed by atoms with Gasteiger partial charge in [0.05, 0.1) is 27.8 Å². The highest BCUT2D eigenvalue weighted by Crippen LogP contribution is 2.37. The van der Waals surface area contributed by atoms with E-state index in [0.717, 1.165) is 5.52 Å². The summed E-state index contributed by atoms with van der Waals surface area (Å²) in [4.78, 5) is 4.97. The Morgan fingerprint density at radius 1 is 0.882 bits per heavy atom. The molecule has 3 nitrogen and oxygen atoms in total. The van der Waals surface area contributed by atoms with Crippen molar-refractivity contribution in [3.63, 3.8) is 0 Å². The summed E-state index contributed by atoms with van der Waals surface area (Å²) in [5.74, 6) is 1.18. The van der Waals surface area contributed by atoms with Crippen molar-refractivity contribution in [3.8, 4) is 17.1 Å². The molecule has 0 radical (unpaired) electrons. The lowest BCUT2D eigenvalue weighted by Gasteiger charge is -2.13. The van der Waals surface area contributed by atoms with Gasteiger partial charge in [-0.1, -0.05) is 69.3 Å². The molecule has 0 amide bonds. The van der Waals surface area contributed by atoms with E-state index >= 15 is 0 Å². The van der Waals surface area contributed by atoms with Gasteiger partial charge in [-0.05, 0) is 48.2 Å². The van der Waals surface area contributed by atoms with Gasteiger partial charge >= 0.3 is 0 Å². The van der Waals surface area contributed by atoms with Gasteiger partial charge in [0.2, 0.25) is 0 Å². The van der Waals surface area contributed by atoms with E-state index in [1.54, 1.807) is 0 Å². The molecule has 0 atom stereocenters. The van der Waals surface area contributed by atoms with Gasteiger partial charge in [0.15, 0.2) is 11.0 Å². The van der Waals surface area contributed by atoms with Gasteiger partial charge in [0, 0.05) is 10.8 Å². The number of para-hydroxylation sites is 2. The monoisotopic (exact) mass is 462 g/mol.